The summed E-state index contributed by atoms with van der Waals surface area (Å²) in [6.07, 6.45) is 0.538. The van der Waals surface area contributed by atoms with Crippen LogP contribution in [0.25, 0.3) is 0 Å². The minimum Gasteiger partial charge on any atom is -0.337 e. The van der Waals surface area contributed by atoms with Gasteiger partial charge in [-0.25, -0.2) is 8.78 Å². The van der Waals surface area contributed by atoms with Crippen LogP contribution < -0.4 is 0 Å². The molecule has 4 atom stereocenters. The van der Waals surface area contributed by atoms with Crippen LogP contribution in [0, 0.1) is 28.9 Å². The number of Topliss-reactive ketones (excluding diaryl/α,β-unsaturated/α-hetero) is 1. The average Bonchev–Trinajstić information content (AvgIpc) is 3.33. The van der Waals surface area contributed by atoms with Crippen molar-refractivity contribution < 1.29 is 18.4 Å². The van der Waals surface area contributed by atoms with Gasteiger partial charge in [-0.15, -0.1) is 0 Å². The van der Waals surface area contributed by atoms with Crippen molar-refractivity contribution in [3.8, 4) is 6.07 Å². The van der Waals surface area contributed by atoms with E-state index in [2.05, 4.69) is 36.6 Å². The molecule has 0 aromatic heterocycles. The number of carbonyl (C=O) groups is 2. The van der Waals surface area contributed by atoms with Gasteiger partial charge < -0.3 is 4.90 Å². The number of piperazine rings is 1. The number of carbonyl (C=O) groups excluding carboxylic acids is 2. The molecule has 1 amide bonds. The Kier molecular flexibility index (Phi) is 8.53. The van der Waals surface area contributed by atoms with Gasteiger partial charge in [-0.1, -0.05) is 18.2 Å². The zero-order valence-electron chi connectivity index (χ0n) is 23.5. The van der Waals surface area contributed by atoms with E-state index in [0.717, 1.165) is 11.6 Å². The minimum atomic E-state index is -0.629. The van der Waals surface area contributed by atoms with Crippen LogP contribution in [-0.2, 0) is 16.0 Å². The van der Waals surface area contributed by atoms with Crippen LogP contribution in [0.5, 0.6) is 0 Å². The van der Waals surface area contributed by atoms with Gasteiger partial charge in [0.25, 0.3) is 0 Å². The third-order valence-electron chi connectivity index (χ3n) is 8.31. The SMILES string of the molecule is CC(=O)[C@H](Cc1ccc(C#N)cc1)N1CCN(C(=O)[C@@H]2CN(C(C)(C)C)C[C@H]2c2ccc(F)cc2F)[C@@H](C)C1. The summed E-state index contributed by atoms with van der Waals surface area (Å²) in [7, 11) is 0. The van der Waals surface area contributed by atoms with Crippen LogP contribution in [-0.4, -0.2) is 76.7 Å². The van der Waals surface area contributed by atoms with Gasteiger partial charge in [0.15, 0.2) is 0 Å². The molecule has 0 aliphatic carbocycles. The second-order valence-corrected chi connectivity index (χ2v) is 12.0. The minimum absolute atomic E-state index is 0.0194. The van der Waals surface area contributed by atoms with Crippen LogP contribution in [0.2, 0.25) is 0 Å². The van der Waals surface area contributed by atoms with Crippen LogP contribution >= 0.6 is 0 Å². The molecule has 2 aromatic carbocycles. The highest BCUT2D eigenvalue weighted by Gasteiger charge is 2.46. The molecule has 0 bridgehead atoms. The number of nitriles is 1. The van der Waals surface area contributed by atoms with E-state index >= 15 is 0 Å². The molecule has 0 saturated carbocycles. The number of hydrogen-bond donors (Lipinski definition) is 0. The molecule has 2 aliphatic heterocycles. The Bertz CT molecular complexity index is 1250. The number of benzene rings is 2. The second-order valence-electron chi connectivity index (χ2n) is 12.0. The Labute approximate surface area is 230 Å². The predicted molar refractivity (Wildman–Crippen MR) is 146 cm³/mol. The lowest BCUT2D eigenvalue weighted by atomic mass is 9.87. The molecule has 2 aliphatic rings. The second kappa shape index (κ2) is 11.5. The fraction of sp³-hybridized carbons (Fsp3) is 0.516. The lowest BCUT2D eigenvalue weighted by molar-refractivity contribution is -0.141. The van der Waals surface area contributed by atoms with Gasteiger partial charge in [0, 0.05) is 56.3 Å². The number of likely N-dealkylation sites (tertiary alicyclic amines) is 1. The maximum atomic E-state index is 14.9. The molecular formula is C31H38F2N4O2. The van der Waals surface area contributed by atoms with E-state index in [1.807, 2.05) is 24.0 Å². The number of hydrogen-bond acceptors (Lipinski definition) is 5. The van der Waals surface area contributed by atoms with Crippen molar-refractivity contribution >= 4 is 11.7 Å². The summed E-state index contributed by atoms with van der Waals surface area (Å²) in [6.45, 7) is 12.4. The Hall–Kier alpha value is -3.15. The summed E-state index contributed by atoms with van der Waals surface area (Å²) in [5.74, 6) is -2.01. The van der Waals surface area contributed by atoms with E-state index in [0.29, 0.717) is 50.3 Å². The van der Waals surface area contributed by atoms with E-state index in [4.69, 9.17) is 5.26 Å². The first-order valence-corrected chi connectivity index (χ1v) is 13.6. The van der Waals surface area contributed by atoms with Gasteiger partial charge in [-0.3, -0.25) is 19.4 Å². The van der Waals surface area contributed by atoms with E-state index in [9.17, 15) is 18.4 Å². The quantitative estimate of drug-likeness (QED) is 0.548. The molecule has 2 aromatic rings. The molecular weight excluding hydrogens is 498 g/mol. The summed E-state index contributed by atoms with van der Waals surface area (Å²) in [6, 6.07) is 12.6. The van der Waals surface area contributed by atoms with Gasteiger partial charge in [0.1, 0.15) is 17.4 Å². The van der Waals surface area contributed by atoms with Crippen molar-refractivity contribution in [2.45, 2.75) is 64.6 Å². The largest absolute Gasteiger partial charge is 0.337 e. The van der Waals surface area contributed by atoms with Gasteiger partial charge >= 0.3 is 0 Å². The Morgan fingerprint density at radius 1 is 1.05 bits per heavy atom. The van der Waals surface area contributed by atoms with Gasteiger partial charge in [-0.05, 0) is 70.4 Å². The lowest BCUT2D eigenvalue weighted by Crippen LogP contribution is -2.59. The van der Waals surface area contributed by atoms with Gasteiger partial charge in [0.05, 0.1) is 23.6 Å². The molecule has 2 saturated heterocycles. The zero-order chi connectivity index (χ0) is 28.5. The maximum absolute atomic E-state index is 14.9. The molecule has 0 spiro atoms. The fourth-order valence-corrected chi connectivity index (χ4v) is 6.00. The highest BCUT2D eigenvalue weighted by molar-refractivity contribution is 5.82. The molecule has 208 valence electrons. The summed E-state index contributed by atoms with van der Waals surface area (Å²) >= 11 is 0. The third kappa shape index (κ3) is 6.37. The van der Waals surface area contributed by atoms with Crippen molar-refractivity contribution in [2.24, 2.45) is 5.92 Å². The topological polar surface area (TPSA) is 67.6 Å². The number of nitrogens with zero attached hydrogens (tertiary/aromatic N) is 4. The Morgan fingerprint density at radius 3 is 2.31 bits per heavy atom. The number of halogens is 2. The smallest absolute Gasteiger partial charge is 0.227 e. The molecule has 0 unspecified atom stereocenters. The van der Waals surface area contributed by atoms with Crippen molar-refractivity contribution in [2.75, 3.05) is 32.7 Å². The van der Waals surface area contributed by atoms with Crippen LogP contribution in [0.3, 0.4) is 0 Å². The molecule has 6 nitrogen and oxygen atoms in total. The summed E-state index contributed by atoms with van der Waals surface area (Å²) in [5.41, 5.74) is 1.74. The average molecular weight is 537 g/mol. The van der Waals surface area contributed by atoms with E-state index in [-0.39, 0.29) is 35.2 Å². The first-order chi connectivity index (χ1) is 18.4. The van der Waals surface area contributed by atoms with Crippen LogP contribution in [0.1, 0.15) is 57.2 Å². The van der Waals surface area contributed by atoms with Crippen LogP contribution in [0.15, 0.2) is 42.5 Å². The highest BCUT2D eigenvalue weighted by atomic mass is 19.1. The predicted octanol–water partition coefficient (Wildman–Crippen LogP) is 4.38. The molecule has 2 heterocycles. The summed E-state index contributed by atoms with van der Waals surface area (Å²) in [5, 5.41) is 9.06. The highest BCUT2D eigenvalue weighted by Crippen LogP contribution is 2.39. The third-order valence-corrected chi connectivity index (χ3v) is 8.31. The molecule has 4 rings (SSSR count). The maximum Gasteiger partial charge on any atom is 0.227 e. The first kappa shape index (κ1) is 28.8. The van der Waals surface area contributed by atoms with E-state index < -0.39 is 17.6 Å². The molecule has 39 heavy (non-hydrogen) atoms. The van der Waals surface area contributed by atoms with E-state index in [1.54, 1.807) is 19.1 Å². The van der Waals surface area contributed by atoms with Gasteiger partial charge in [0.2, 0.25) is 5.91 Å². The number of amides is 1. The van der Waals surface area contributed by atoms with E-state index in [1.165, 1.54) is 12.1 Å². The zero-order valence-corrected chi connectivity index (χ0v) is 23.5. The number of rotatable bonds is 6. The van der Waals surface area contributed by atoms with Crippen molar-refractivity contribution in [3.63, 3.8) is 0 Å². The normalized spacial score (nSPS) is 23.4. The van der Waals surface area contributed by atoms with Crippen molar-refractivity contribution in [1.29, 1.82) is 5.26 Å². The standard InChI is InChI=1S/C31H38F2N4O2/c1-20-17-35(29(21(2)38)14-22-6-8-23(16-34)9-7-22)12-13-37(20)30(39)27-19-36(31(3,4)5)18-26(27)25-11-10-24(32)15-28(25)33/h6-11,15,20,26-27,29H,12-14,17-19H2,1-5H3/t20-,26-,27+,29-/m0/s1. The number of ketones is 1. The van der Waals surface area contributed by atoms with Crippen molar-refractivity contribution in [1.82, 2.24) is 14.7 Å². The molecule has 0 radical (unpaired) electrons. The molecule has 0 N–H and O–H groups in total. The lowest BCUT2D eigenvalue weighted by Gasteiger charge is -2.44. The Balaban J connectivity index is 1.50. The summed E-state index contributed by atoms with van der Waals surface area (Å²) in [4.78, 5) is 32.9. The van der Waals surface area contributed by atoms with Crippen molar-refractivity contribution in [3.05, 3.63) is 70.8 Å². The summed E-state index contributed by atoms with van der Waals surface area (Å²) < 4.78 is 28.5. The fourth-order valence-electron chi connectivity index (χ4n) is 6.00. The molecule has 8 heteroatoms. The molecule has 2 fully saturated rings. The van der Waals surface area contributed by atoms with Crippen LogP contribution in [0.4, 0.5) is 8.78 Å². The monoisotopic (exact) mass is 536 g/mol. The first-order valence-electron chi connectivity index (χ1n) is 13.6. The van der Waals surface area contributed by atoms with Gasteiger partial charge in [-0.2, -0.15) is 5.26 Å². The Morgan fingerprint density at radius 2 is 1.74 bits per heavy atom.